The van der Waals surface area contributed by atoms with Gasteiger partial charge in [-0.25, -0.2) is 0 Å². The Balaban J connectivity index is 1.86. The lowest BCUT2D eigenvalue weighted by atomic mass is 9.86. The summed E-state index contributed by atoms with van der Waals surface area (Å²) in [7, 11) is 0. The van der Waals surface area contributed by atoms with Crippen molar-refractivity contribution in [2.45, 2.75) is 57.4 Å². The molecule has 0 spiro atoms. The largest absolute Gasteiger partial charge is 0.481 e. The Bertz CT molecular complexity index is 541. The second-order valence-electron chi connectivity index (χ2n) is 6.01. The van der Waals surface area contributed by atoms with Gasteiger partial charge in [-0.2, -0.15) is 0 Å². The molecule has 6 heteroatoms. The van der Waals surface area contributed by atoms with Crippen molar-refractivity contribution in [3.8, 4) is 0 Å². The molecule has 1 fully saturated rings. The lowest BCUT2D eigenvalue weighted by Gasteiger charge is -2.27. The number of rotatable bonds is 6. The molecule has 5 nitrogen and oxygen atoms in total. The average Bonchev–Trinajstić information content (AvgIpc) is 3.01. The molecule has 1 aromatic rings. The van der Waals surface area contributed by atoms with Gasteiger partial charge in [0.25, 0.3) is 0 Å². The van der Waals surface area contributed by atoms with Crippen molar-refractivity contribution in [1.82, 2.24) is 5.32 Å². The van der Waals surface area contributed by atoms with E-state index >= 15 is 0 Å². The van der Waals surface area contributed by atoms with Gasteiger partial charge in [0, 0.05) is 18.9 Å². The highest BCUT2D eigenvalue weighted by Crippen LogP contribution is 2.23. The Morgan fingerprint density at radius 3 is 2.52 bits per heavy atom. The van der Waals surface area contributed by atoms with E-state index in [-0.39, 0.29) is 30.6 Å². The topological polar surface area (TPSA) is 83.5 Å². The second kappa shape index (κ2) is 8.82. The Kier molecular flexibility index (Phi) is 6.77. The summed E-state index contributed by atoms with van der Waals surface area (Å²) in [5.74, 6) is -1.63. The molecule has 1 aromatic heterocycles. The summed E-state index contributed by atoms with van der Waals surface area (Å²) in [4.78, 5) is 36.1. The first-order chi connectivity index (χ1) is 11.1. The molecule has 1 amide bonds. The third-order valence-corrected chi connectivity index (χ3v) is 5.22. The fourth-order valence-electron chi connectivity index (χ4n) is 3.02. The van der Waals surface area contributed by atoms with Crippen molar-refractivity contribution in [2.75, 3.05) is 0 Å². The van der Waals surface area contributed by atoms with Crippen LogP contribution in [0.15, 0.2) is 17.5 Å². The Labute approximate surface area is 140 Å². The van der Waals surface area contributed by atoms with Crippen LogP contribution in [-0.4, -0.2) is 28.8 Å². The van der Waals surface area contributed by atoms with Crippen LogP contribution < -0.4 is 5.32 Å². The third kappa shape index (κ3) is 5.46. The van der Waals surface area contributed by atoms with Crippen LogP contribution >= 0.6 is 11.3 Å². The number of carboxylic acid groups (broad SMARTS) is 1. The van der Waals surface area contributed by atoms with E-state index in [4.69, 9.17) is 0 Å². The van der Waals surface area contributed by atoms with E-state index < -0.39 is 11.9 Å². The van der Waals surface area contributed by atoms with Crippen molar-refractivity contribution in [3.05, 3.63) is 22.4 Å². The zero-order valence-electron chi connectivity index (χ0n) is 13.1. The molecule has 126 valence electrons. The van der Waals surface area contributed by atoms with Crippen LogP contribution in [0.3, 0.4) is 0 Å². The number of thiophene rings is 1. The predicted molar refractivity (Wildman–Crippen MR) is 88.6 cm³/mol. The number of hydrogen-bond donors (Lipinski definition) is 2. The zero-order valence-corrected chi connectivity index (χ0v) is 13.9. The first-order valence-corrected chi connectivity index (χ1v) is 9.05. The monoisotopic (exact) mass is 337 g/mol. The zero-order chi connectivity index (χ0) is 16.7. The summed E-state index contributed by atoms with van der Waals surface area (Å²) in [5, 5.41) is 14.1. The highest BCUT2D eigenvalue weighted by Gasteiger charge is 2.29. The number of carbonyl (C=O) groups is 3. The maximum absolute atomic E-state index is 12.1. The second-order valence-corrected chi connectivity index (χ2v) is 6.96. The summed E-state index contributed by atoms with van der Waals surface area (Å²) in [6.07, 6.45) is 5.53. The van der Waals surface area contributed by atoms with Crippen molar-refractivity contribution >= 4 is 29.0 Å². The number of hydrogen-bond acceptors (Lipinski definition) is 4. The van der Waals surface area contributed by atoms with E-state index in [0.29, 0.717) is 17.7 Å². The molecule has 2 atom stereocenters. The van der Waals surface area contributed by atoms with Crippen molar-refractivity contribution in [3.63, 3.8) is 0 Å². The number of carbonyl (C=O) groups excluding carboxylic acids is 2. The molecule has 1 aliphatic rings. The fraction of sp³-hybridized carbons (Fsp3) is 0.588. The molecule has 0 saturated heterocycles. The number of amides is 1. The van der Waals surface area contributed by atoms with Crippen LogP contribution in [0.25, 0.3) is 0 Å². The minimum absolute atomic E-state index is 0.0393. The lowest BCUT2D eigenvalue weighted by molar-refractivity contribution is -0.143. The van der Waals surface area contributed by atoms with Gasteiger partial charge in [-0.1, -0.05) is 31.7 Å². The van der Waals surface area contributed by atoms with E-state index in [2.05, 4.69) is 5.32 Å². The van der Waals surface area contributed by atoms with Crippen molar-refractivity contribution in [1.29, 1.82) is 0 Å². The summed E-state index contributed by atoms with van der Waals surface area (Å²) in [6, 6.07) is 3.24. The van der Waals surface area contributed by atoms with Gasteiger partial charge < -0.3 is 10.4 Å². The molecular weight excluding hydrogens is 314 g/mol. The molecular formula is C17H23NO4S. The van der Waals surface area contributed by atoms with Gasteiger partial charge in [-0.15, -0.1) is 11.3 Å². The van der Waals surface area contributed by atoms with Crippen molar-refractivity contribution < 1.29 is 19.5 Å². The molecule has 2 rings (SSSR count). The average molecular weight is 337 g/mol. The quantitative estimate of drug-likeness (QED) is 0.781. The fourth-order valence-corrected chi connectivity index (χ4v) is 3.71. The maximum atomic E-state index is 12.1. The number of ketones is 1. The van der Waals surface area contributed by atoms with E-state index in [9.17, 15) is 19.5 Å². The minimum Gasteiger partial charge on any atom is -0.481 e. The third-order valence-electron chi connectivity index (χ3n) is 4.30. The van der Waals surface area contributed by atoms with Gasteiger partial charge in [0.15, 0.2) is 5.78 Å². The van der Waals surface area contributed by atoms with E-state index in [1.54, 1.807) is 6.07 Å². The van der Waals surface area contributed by atoms with Crippen LogP contribution in [0.1, 0.15) is 61.0 Å². The van der Waals surface area contributed by atoms with Crippen LogP contribution in [0, 0.1) is 5.92 Å². The number of Topliss-reactive ketones (excluding diaryl/α,β-unsaturated/α-hetero) is 1. The highest BCUT2D eigenvalue weighted by molar-refractivity contribution is 7.12. The normalized spacial score (nSPS) is 21.9. The first-order valence-electron chi connectivity index (χ1n) is 8.17. The van der Waals surface area contributed by atoms with E-state index in [1.165, 1.54) is 11.3 Å². The van der Waals surface area contributed by atoms with E-state index in [1.807, 2.05) is 11.4 Å². The summed E-state index contributed by atoms with van der Waals surface area (Å²) in [5.41, 5.74) is 0. The SMILES string of the molecule is O=C(CCC(=O)c1cccs1)NC1CCCCCCC1C(=O)O. The summed E-state index contributed by atoms with van der Waals surface area (Å²) >= 11 is 1.37. The molecule has 0 radical (unpaired) electrons. The minimum atomic E-state index is -0.841. The first kappa shape index (κ1) is 17.7. The molecule has 0 aromatic carbocycles. The van der Waals surface area contributed by atoms with Crippen molar-refractivity contribution in [2.24, 2.45) is 5.92 Å². The Morgan fingerprint density at radius 2 is 1.87 bits per heavy atom. The van der Waals surface area contributed by atoms with Gasteiger partial charge in [0.05, 0.1) is 10.8 Å². The molecule has 0 bridgehead atoms. The molecule has 1 heterocycles. The molecule has 1 saturated carbocycles. The van der Waals surface area contributed by atoms with Crippen LogP contribution in [-0.2, 0) is 9.59 Å². The van der Waals surface area contributed by atoms with E-state index in [0.717, 1.165) is 25.7 Å². The summed E-state index contributed by atoms with van der Waals surface area (Å²) < 4.78 is 0. The number of nitrogens with one attached hydrogen (secondary N) is 1. The maximum Gasteiger partial charge on any atom is 0.308 e. The molecule has 2 N–H and O–H groups in total. The lowest BCUT2D eigenvalue weighted by Crippen LogP contribution is -2.44. The van der Waals surface area contributed by atoms with Crippen LogP contribution in [0.2, 0.25) is 0 Å². The van der Waals surface area contributed by atoms with Gasteiger partial charge >= 0.3 is 5.97 Å². The Morgan fingerprint density at radius 1 is 1.13 bits per heavy atom. The predicted octanol–water partition coefficient (Wildman–Crippen LogP) is 3.25. The number of carboxylic acids is 1. The molecule has 23 heavy (non-hydrogen) atoms. The number of aliphatic carboxylic acids is 1. The van der Waals surface area contributed by atoms with Crippen LogP contribution in [0.4, 0.5) is 0 Å². The summed E-state index contributed by atoms with van der Waals surface area (Å²) in [6.45, 7) is 0. The highest BCUT2D eigenvalue weighted by atomic mass is 32.1. The molecule has 2 unspecified atom stereocenters. The molecule has 1 aliphatic carbocycles. The Hall–Kier alpha value is -1.69. The molecule has 0 aliphatic heterocycles. The van der Waals surface area contributed by atoms with Crippen LogP contribution in [0.5, 0.6) is 0 Å². The van der Waals surface area contributed by atoms with Gasteiger partial charge in [0.1, 0.15) is 0 Å². The van der Waals surface area contributed by atoms with Gasteiger partial charge in [-0.3, -0.25) is 14.4 Å². The smallest absolute Gasteiger partial charge is 0.308 e. The van der Waals surface area contributed by atoms with Gasteiger partial charge in [-0.05, 0) is 24.3 Å². The van der Waals surface area contributed by atoms with Gasteiger partial charge in [0.2, 0.25) is 5.91 Å². The standard InChI is InChI=1S/C17H23NO4S/c19-14(15-8-5-11-23-15)9-10-16(20)18-13-7-4-2-1-3-6-12(13)17(21)22/h5,8,11-13H,1-4,6-7,9-10H2,(H,18,20)(H,21,22).